The van der Waals surface area contributed by atoms with E-state index >= 15 is 0 Å². The van der Waals surface area contributed by atoms with Crippen LogP contribution in [0.1, 0.15) is 29.5 Å². The third kappa shape index (κ3) is 2.66. The van der Waals surface area contributed by atoms with Crippen LogP contribution >= 0.6 is 27.3 Å². The van der Waals surface area contributed by atoms with Crippen LogP contribution in [0.5, 0.6) is 0 Å². The van der Waals surface area contributed by atoms with Gasteiger partial charge in [-0.1, -0.05) is 28.1 Å². The summed E-state index contributed by atoms with van der Waals surface area (Å²) in [7, 11) is 2.45. The normalized spacial score (nSPS) is 20.2. The Kier molecular flexibility index (Phi) is 4.63. The van der Waals surface area contributed by atoms with Crippen molar-refractivity contribution in [3.63, 3.8) is 0 Å². The number of quaternary nitrogens is 1. The van der Waals surface area contributed by atoms with Crippen molar-refractivity contribution in [3.8, 4) is 16.8 Å². The van der Waals surface area contributed by atoms with Crippen molar-refractivity contribution in [1.82, 2.24) is 4.57 Å². The van der Waals surface area contributed by atoms with Crippen LogP contribution < -0.4 is 24.0 Å². The molecule has 0 spiro atoms. The van der Waals surface area contributed by atoms with Crippen molar-refractivity contribution >= 4 is 27.3 Å². The zero-order chi connectivity index (χ0) is 16.3. The predicted molar refractivity (Wildman–Crippen MR) is 104 cm³/mol. The van der Waals surface area contributed by atoms with Gasteiger partial charge in [0.25, 0.3) is 0 Å². The molecule has 1 aromatic carbocycles. The fraction of sp³-hybridized carbons (Fsp3) is 0.300. The topological polar surface area (TPSA) is 4.93 Å². The zero-order valence-corrected chi connectivity index (χ0v) is 18.6. The van der Waals surface area contributed by atoms with Gasteiger partial charge in [0.15, 0.2) is 6.04 Å². The molecule has 1 unspecified atom stereocenters. The molecule has 0 saturated carbocycles. The minimum Gasteiger partial charge on any atom is -1.00 e. The molecule has 5 rings (SSSR count). The number of thiophene rings is 1. The van der Waals surface area contributed by atoms with Gasteiger partial charge in [-0.3, -0.25) is 0 Å². The van der Waals surface area contributed by atoms with Crippen molar-refractivity contribution in [2.75, 3.05) is 20.1 Å². The number of hydrogen-bond donors (Lipinski definition) is 0. The van der Waals surface area contributed by atoms with Crippen molar-refractivity contribution in [1.29, 1.82) is 0 Å². The number of fused-ring (bicyclic) bond motifs is 3. The molecule has 0 radical (unpaired) electrons. The van der Waals surface area contributed by atoms with Crippen LogP contribution in [0.2, 0.25) is 0 Å². The number of nitrogens with zero attached hydrogens (tertiary/aromatic N) is 2. The van der Waals surface area contributed by atoms with Gasteiger partial charge in [-0.05, 0) is 29.8 Å². The van der Waals surface area contributed by atoms with Gasteiger partial charge in [-0.2, -0.15) is 0 Å². The molecule has 0 bridgehead atoms. The molecule has 2 aliphatic rings. The Labute approximate surface area is 178 Å². The van der Waals surface area contributed by atoms with Crippen LogP contribution in [0.3, 0.4) is 0 Å². The summed E-state index contributed by atoms with van der Waals surface area (Å²) < 4.78 is 4.74. The molecule has 0 aliphatic carbocycles. The van der Waals surface area contributed by atoms with E-state index in [-0.39, 0.29) is 24.0 Å². The fourth-order valence-electron chi connectivity index (χ4n) is 4.52. The molecule has 130 valence electrons. The van der Waals surface area contributed by atoms with Crippen molar-refractivity contribution in [3.05, 3.63) is 63.0 Å². The Morgan fingerprint density at radius 3 is 2.56 bits per heavy atom. The Balaban J connectivity index is 0.00000157. The molecule has 1 saturated heterocycles. The first-order chi connectivity index (χ1) is 11.7. The van der Waals surface area contributed by atoms with Crippen LogP contribution in [0.25, 0.3) is 16.8 Å². The summed E-state index contributed by atoms with van der Waals surface area (Å²) in [6.45, 7) is 2.58. The third-order valence-corrected chi connectivity index (χ3v) is 7.26. The number of hydrogen-bond acceptors (Lipinski definition) is 1. The summed E-state index contributed by atoms with van der Waals surface area (Å²) in [5.74, 6) is 0. The van der Waals surface area contributed by atoms with Crippen LogP contribution in [-0.4, -0.2) is 29.2 Å². The quantitative estimate of drug-likeness (QED) is 0.357. The highest BCUT2D eigenvalue weighted by Crippen LogP contribution is 2.51. The second-order valence-corrected chi connectivity index (χ2v) is 9.04. The maximum atomic E-state index is 3.55. The van der Waals surface area contributed by atoms with Crippen molar-refractivity contribution in [2.24, 2.45) is 0 Å². The largest absolute Gasteiger partial charge is 1.00 e. The molecule has 2 nitrogen and oxygen atoms in total. The molecule has 1 fully saturated rings. The molecule has 2 aliphatic heterocycles. The van der Waals surface area contributed by atoms with Gasteiger partial charge in [-0.25, -0.2) is 0 Å². The Bertz CT molecular complexity index is 906. The smallest absolute Gasteiger partial charge is 0.167 e. The van der Waals surface area contributed by atoms with Crippen LogP contribution in [0.4, 0.5) is 0 Å². The van der Waals surface area contributed by atoms with Gasteiger partial charge < -0.3 is 33.0 Å². The maximum Gasteiger partial charge on any atom is 0.167 e. The number of rotatable bonds is 2. The third-order valence-electron chi connectivity index (χ3n) is 5.71. The lowest BCUT2D eigenvalue weighted by Gasteiger charge is -2.35. The highest BCUT2D eigenvalue weighted by molar-refractivity contribution is 9.10. The molecule has 3 aromatic rings. The summed E-state index contributed by atoms with van der Waals surface area (Å²) in [5, 5.41) is 2.35. The summed E-state index contributed by atoms with van der Waals surface area (Å²) in [4.78, 5) is 1.55. The van der Waals surface area contributed by atoms with Gasteiger partial charge in [0.05, 0.1) is 36.4 Å². The fourth-order valence-corrected chi connectivity index (χ4v) is 6.10. The Hall–Kier alpha value is -0.630. The Morgan fingerprint density at radius 2 is 1.84 bits per heavy atom. The van der Waals surface area contributed by atoms with E-state index in [1.54, 1.807) is 4.88 Å². The minimum absolute atomic E-state index is 0. The first-order valence-corrected chi connectivity index (χ1v) is 10.2. The minimum atomic E-state index is 0. The second-order valence-electron chi connectivity index (χ2n) is 7.21. The van der Waals surface area contributed by atoms with E-state index in [0.717, 1.165) is 8.96 Å². The van der Waals surface area contributed by atoms with Crippen molar-refractivity contribution in [2.45, 2.75) is 18.9 Å². The lowest BCUT2D eigenvalue weighted by Crippen LogP contribution is -3.00. The first-order valence-electron chi connectivity index (χ1n) is 8.56. The summed E-state index contributed by atoms with van der Waals surface area (Å²) in [6, 6.07) is 13.7. The SMILES string of the molecule is C[N+]1(C2c3scc(-c4ccc(Br)cc4)c3-n3cccc32)CCCC1.[I-]. The lowest BCUT2D eigenvalue weighted by atomic mass is 10.1. The summed E-state index contributed by atoms with van der Waals surface area (Å²) in [6.07, 6.45) is 4.95. The number of halogens is 2. The van der Waals surface area contributed by atoms with Gasteiger partial charge in [0.1, 0.15) is 0 Å². The van der Waals surface area contributed by atoms with Gasteiger partial charge in [0.2, 0.25) is 0 Å². The molecular formula is C20H20BrIN2S. The molecule has 4 heterocycles. The van der Waals surface area contributed by atoms with Crippen molar-refractivity contribution < 1.29 is 28.5 Å². The molecule has 5 heteroatoms. The summed E-state index contributed by atoms with van der Waals surface area (Å²) >= 11 is 5.49. The molecule has 25 heavy (non-hydrogen) atoms. The Morgan fingerprint density at radius 1 is 1.12 bits per heavy atom. The predicted octanol–water partition coefficient (Wildman–Crippen LogP) is 2.62. The first kappa shape index (κ1) is 17.8. The summed E-state index contributed by atoms with van der Waals surface area (Å²) in [5.41, 5.74) is 5.56. The number of aromatic nitrogens is 1. The number of benzene rings is 1. The van der Waals surface area contributed by atoms with E-state index in [1.165, 1.54) is 48.4 Å². The van der Waals surface area contributed by atoms with Crippen LogP contribution in [0.15, 0.2) is 52.4 Å². The zero-order valence-electron chi connectivity index (χ0n) is 14.1. The van der Waals surface area contributed by atoms with Gasteiger partial charge in [-0.15, -0.1) is 11.3 Å². The van der Waals surface area contributed by atoms with Crippen LogP contribution in [-0.2, 0) is 0 Å². The van der Waals surface area contributed by atoms with E-state index in [2.05, 4.69) is 75.5 Å². The van der Waals surface area contributed by atoms with Gasteiger partial charge >= 0.3 is 0 Å². The van der Waals surface area contributed by atoms with Gasteiger partial charge in [0, 0.05) is 34.5 Å². The number of likely N-dealkylation sites (tertiary alicyclic amines) is 1. The molecule has 1 atom stereocenters. The maximum absolute atomic E-state index is 3.55. The van der Waals surface area contributed by atoms with E-state index in [0.29, 0.717) is 6.04 Å². The molecule has 0 N–H and O–H groups in total. The van der Waals surface area contributed by atoms with E-state index < -0.39 is 0 Å². The molecule has 2 aromatic heterocycles. The van der Waals surface area contributed by atoms with E-state index in [4.69, 9.17) is 0 Å². The highest BCUT2D eigenvalue weighted by atomic mass is 127. The lowest BCUT2D eigenvalue weighted by molar-refractivity contribution is -0.921. The average molecular weight is 527 g/mol. The standard InChI is InChI=1S/C20H20BrN2S.HI/c1-23(11-2-3-12-23)19-17-5-4-10-22(17)18-16(13-24-20(18)19)14-6-8-15(21)9-7-14;/h4-10,13,19H,2-3,11-12H2,1H3;1H/q+1;/p-1. The van der Waals surface area contributed by atoms with E-state index in [9.17, 15) is 0 Å². The van der Waals surface area contributed by atoms with E-state index in [1.807, 2.05) is 11.3 Å². The molecular weight excluding hydrogens is 507 g/mol. The van der Waals surface area contributed by atoms with Crippen LogP contribution in [0, 0.1) is 0 Å². The second kappa shape index (κ2) is 6.51. The molecule has 0 amide bonds. The highest BCUT2D eigenvalue weighted by Gasteiger charge is 2.46. The average Bonchev–Trinajstić information content (AvgIpc) is 3.30. The monoisotopic (exact) mass is 526 g/mol.